The number of likely N-dealkylation sites (tertiary alicyclic amines) is 1. The van der Waals surface area contributed by atoms with Crippen LogP contribution in [0.25, 0.3) is 0 Å². The number of allylic oxidation sites excluding steroid dienone is 1. The number of rotatable bonds is 6. The van der Waals surface area contributed by atoms with Gasteiger partial charge in [-0.25, -0.2) is 4.79 Å². The summed E-state index contributed by atoms with van der Waals surface area (Å²) in [4.78, 5) is 27.7. The highest BCUT2D eigenvalue weighted by molar-refractivity contribution is 6.01. The van der Waals surface area contributed by atoms with Crippen molar-refractivity contribution in [1.82, 2.24) is 9.47 Å². The van der Waals surface area contributed by atoms with Crippen LogP contribution >= 0.6 is 0 Å². The van der Waals surface area contributed by atoms with Gasteiger partial charge in [0, 0.05) is 24.8 Å². The number of aromatic nitrogens is 1. The lowest BCUT2D eigenvalue weighted by Gasteiger charge is -2.35. The first-order chi connectivity index (χ1) is 12.0. The van der Waals surface area contributed by atoms with E-state index in [0.717, 1.165) is 31.5 Å². The Morgan fingerprint density at radius 2 is 2.00 bits per heavy atom. The molecule has 0 N–H and O–H groups in total. The maximum Gasteiger partial charge on any atom is 0.355 e. The van der Waals surface area contributed by atoms with Crippen LogP contribution in [0.1, 0.15) is 71.6 Å². The van der Waals surface area contributed by atoms with Gasteiger partial charge in [0.05, 0.1) is 12.2 Å². The highest BCUT2D eigenvalue weighted by Gasteiger charge is 2.32. The second-order valence-electron chi connectivity index (χ2n) is 6.61. The molecule has 0 bridgehead atoms. The average molecular weight is 346 g/mol. The zero-order valence-corrected chi connectivity index (χ0v) is 15.9. The van der Waals surface area contributed by atoms with E-state index in [1.54, 1.807) is 13.0 Å². The quantitative estimate of drug-likeness (QED) is 0.580. The molecule has 1 aliphatic heterocycles. The van der Waals surface area contributed by atoms with Gasteiger partial charge in [-0.15, -0.1) is 6.58 Å². The van der Waals surface area contributed by atoms with Crippen molar-refractivity contribution < 1.29 is 14.3 Å². The Balaban J connectivity index is 2.49. The monoisotopic (exact) mass is 346 g/mol. The van der Waals surface area contributed by atoms with Gasteiger partial charge in [-0.2, -0.15) is 0 Å². The van der Waals surface area contributed by atoms with Gasteiger partial charge in [-0.3, -0.25) is 4.79 Å². The second-order valence-corrected chi connectivity index (χ2v) is 6.61. The van der Waals surface area contributed by atoms with Gasteiger partial charge in [0.1, 0.15) is 5.69 Å². The minimum absolute atomic E-state index is 0.0370. The molecule has 0 saturated carbocycles. The van der Waals surface area contributed by atoms with Gasteiger partial charge in [-0.05, 0) is 52.0 Å². The normalized spacial score (nSPS) is 17.4. The van der Waals surface area contributed by atoms with Crippen LogP contribution < -0.4 is 0 Å². The minimum Gasteiger partial charge on any atom is -0.461 e. The van der Waals surface area contributed by atoms with Crippen LogP contribution in [0.4, 0.5) is 0 Å². The Bertz CT molecular complexity index is 660. The summed E-state index contributed by atoms with van der Waals surface area (Å²) in [5.41, 5.74) is 2.63. The van der Waals surface area contributed by atoms with Gasteiger partial charge >= 0.3 is 5.97 Å². The molecule has 0 radical (unpaired) electrons. The van der Waals surface area contributed by atoms with Crippen molar-refractivity contribution >= 4 is 11.9 Å². The summed E-state index contributed by atoms with van der Waals surface area (Å²) < 4.78 is 7.06. The molecule has 138 valence electrons. The number of piperidine rings is 1. The topological polar surface area (TPSA) is 51.5 Å². The summed E-state index contributed by atoms with van der Waals surface area (Å²) in [7, 11) is 0. The summed E-state index contributed by atoms with van der Waals surface area (Å²) in [6.45, 7) is 13.0. The number of carbonyl (C=O) groups is 2. The van der Waals surface area contributed by atoms with E-state index in [0.29, 0.717) is 30.0 Å². The summed E-state index contributed by atoms with van der Waals surface area (Å²) >= 11 is 0. The second kappa shape index (κ2) is 8.37. The molecular weight excluding hydrogens is 316 g/mol. The Morgan fingerprint density at radius 1 is 1.28 bits per heavy atom. The lowest BCUT2D eigenvalue weighted by molar-refractivity contribution is 0.0513. The van der Waals surface area contributed by atoms with Crippen molar-refractivity contribution in [2.24, 2.45) is 0 Å². The molecule has 5 heteroatoms. The molecule has 1 aliphatic rings. The molecule has 1 fully saturated rings. The van der Waals surface area contributed by atoms with Crippen molar-refractivity contribution in [2.75, 3.05) is 13.2 Å². The number of hydrogen-bond acceptors (Lipinski definition) is 3. The Labute approximate surface area is 150 Å². The average Bonchev–Trinajstić information content (AvgIpc) is 2.85. The number of ether oxygens (including phenoxy) is 1. The standard InChI is InChI=1S/C20H30N2O3/c1-6-12-21-15(5)17(14(4)18(21)20(24)25-8-3)19(23)22-13-10-9-11-16(22)7-2/h6,16H,1,7-13H2,2-5H3. The van der Waals surface area contributed by atoms with Crippen molar-refractivity contribution in [3.63, 3.8) is 0 Å². The van der Waals surface area contributed by atoms with Gasteiger partial charge in [0.2, 0.25) is 0 Å². The summed E-state index contributed by atoms with van der Waals surface area (Å²) in [6, 6.07) is 0.286. The first-order valence-electron chi connectivity index (χ1n) is 9.26. The molecule has 1 atom stereocenters. The first-order valence-corrected chi connectivity index (χ1v) is 9.26. The van der Waals surface area contributed by atoms with Crippen LogP contribution in [0.5, 0.6) is 0 Å². The van der Waals surface area contributed by atoms with E-state index in [-0.39, 0.29) is 17.9 Å². The van der Waals surface area contributed by atoms with Crippen LogP contribution in [0.3, 0.4) is 0 Å². The van der Waals surface area contributed by atoms with E-state index >= 15 is 0 Å². The third kappa shape index (κ3) is 3.65. The zero-order chi connectivity index (χ0) is 18.6. The van der Waals surface area contributed by atoms with Crippen LogP contribution in [-0.4, -0.2) is 40.5 Å². The van der Waals surface area contributed by atoms with E-state index in [1.165, 1.54) is 6.42 Å². The predicted molar refractivity (Wildman–Crippen MR) is 99.0 cm³/mol. The third-order valence-corrected chi connectivity index (χ3v) is 5.12. The van der Waals surface area contributed by atoms with E-state index in [4.69, 9.17) is 4.74 Å². The lowest BCUT2D eigenvalue weighted by Crippen LogP contribution is -2.43. The highest BCUT2D eigenvalue weighted by atomic mass is 16.5. The number of esters is 1. The SMILES string of the molecule is C=CCn1c(C)c(C(=O)N2CCCCC2CC)c(C)c1C(=O)OCC. The van der Waals surface area contributed by atoms with E-state index < -0.39 is 0 Å². The molecule has 1 aromatic heterocycles. The smallest absolute Gasteiger partial charge is 0.355 e. The molecule has 2 rings (SSSR count). The fourth-order valence-corrected chi connectivity index (χ4v) is 3.87. The van der Waals surface area contributed by atoms with Crippen LogP contribution in [0.15, 0.2) is 12.7 Å². The minimum atomic E-state index is -0.380. The number of carbonyl (C=O) groups excluding carboxylic acids is 2. The molecule has 1 aromatic rings. The molecule has 25 heavy (non-hydrogen) atoms. The largest absolute Gasteiger partial charge is 0.461 e. The Hall–Kier alpha value is -2.04. The molecule has 0 aromatic carbocycles. The first kappa shape index (κ1) is 19.3. The van der Waals surface area contributed by atoms with Crippen molar-refractivity contribution in [3.8, 4) is 0 Å². The molecule has 0 aliphatic carbocycles. The van der Waals surface area contributed by atoms with Gasteiger partial charge < -0.3 is 14.2 Å². The molecular formula is C20H30N2O3. The van der Waals surface area contributed by atoms with Crippen molar-refractivity contribution in [2.45, 2.75) is 66.0 Å². The fraction of sp³-hybridized carbons (Fsp3) is 0.600. The highest BCUT2D eigenvalue weighted by Crippen LogP contribution is 2.28. The summed E-state index contributed by atoms with van der Waals surface area (Å²) in [5, 5.41) is 0. The Morgan fingerprint density at radius 3 is 2.60 bits per heavy atom. The van der Waals surface area contributed by atoms with E-state index in [9.17, 15) is 9.59 Å². The van der Waals surface area contributed by atoms with Crippen LogP contribution in [-0.2, 0) is 11.3 Å². The van der Waals surface area contributed by atoms with Crippen LogP contribution in [0, 0.1) is 13.8 Å². The van der Waals surface area contributed by atoms with E-state index in [1.807, 2.05) is 23.3 Å². The molecule has 1 unspecified atom stereocenters. The molecule has 0 spiro atoms. The molecule has 1 amide bonds. The maximum atomic E-state index is 13.3. The maximum absolute atomic E-state index is 13.3. The predicted octanol–water partition coefficient (Wildman–Crippen LogP) is 3.87. The summed E-state index contributed by atoms with van der Waals surface area (Å²) in [6.07, 6.45) is 5.96. The Kier molecular flexibility index (Phi) is 6.45. The van der Waals surface area contributed by atoms with Gasteiger partial charge in [0.15, 0.2) is 0 Å². The third-order valence-electron chi connectivity index (χ3n) is 5.12. The summed E-state index contributed by atoms with van der Waals surface area (Å²) in [5.74, 6) is -0.343. The van der Waals surface area contributed by atoms with Crippen molar-refractivity contribution in [1.29, 1.82) is 0 Å². The number of amides is 1. The lowest BCUT2D eigenvalue weighted by atomic mass is 9.98. The van der Waals surface area contributed by atoms with Gasteiger partial charge in [0.25, 0.3) is 5.91 Å². The van der Waals surface area contributed by atoms with Crippen molar-refractivity contribution in [3.05, 3.63) is 35.2 Å². The van der Waals surface area contributed by atoms with Gasteiger partial charge in [-0.1, -0.05) is 13.0 Å². The van der Waals surface area contributed by atoms with Crippen LogP contribution in [0.2, 0.25) is 0 Å². The zero-order valence-electron chi connectivity index (χ0n) is 15.9. The molecule has 2 heterocycles. The molecule has 1 saturated heterocycles. The fourth-order valence-electron chi connectivity index (χ4n) is 3.87. The number of nitrogens with zero attached hydrogens (tertiary/aromatic N) is 2. The van der Waals surface area contributed by atoms with E-state index in [2.05, 4.69) is 13.5 Å². The molecule has 5 nitrogen and oxygen atoms in total. The number of hydrogen-bond donors (Lipinski definition) is 0.